The van der Waals surface area contributed by atoms with E-state index in [0.29, 0.717) is 41.2 Å². The average Bonchev–Trinajstić information content (AvgIpc) is 2.54. The molecule has 0 radical (unpaired) electrons. The second kappa shape index (κ2) is 8.71. The van der Waals surface area contributed by atoms with E-state index in [4.69, 9.17) is 21.1 Å². The van der Waals surface area contributed by atoms with Crippen molar-refractivity contribution in [3.63, 3.8) is 0 Å². The molecule has 128 valence electrons. The maximum atomic E-state index is 12.4. The molecule has 0 aromatic heterocycles. The van der Waals surface area contributed by atoms with E-state index in [1.807, 2.05) is 0 Å². The van der Waals surface area contributed by atoms with Gasteiger partial charge in [0, 0.05) is 28.4 Å². The highest BCUT2D eigenvalue weighted by Crippen LogP contribution is 2.22. The van der Waals surface area contributed by atoms with Crippen LogP contribution in [0.3, 0.4) is 0 Å². The first-order chi connectivity index (χ1) is 11.5. The minimum absolute atomic E-state index is 0.204. The van der Waals surface area contributed by atoms with E-state index >= 15 is 0 Å². The summed E-state index contributed by atoms with van der Waals surface area (Å²) in [5.74, 6) is 0.952. The van der Waals surface area contributed by atoms with E-state index in [1.165, 1.54) is 0 Å². The lowest BCUT2D eigenvalue weighted by atomic mass is 10.1. The first kappa shape index (κ1) is 18.3. The maximum absolute atomic E-state index is 12.4. The van der Waals surface area contributed by atoms with E-state index in [9.17, 15) is 4.79 Å². The molecule has 0 spiro atoms. The average molecular weight is 348 g/mol. The molecule has 1 amide bonds. The van der Waals surface area contributed by atoms with Crippen LogP contribution >= 0.6 is 11.6 Å². The first-order valence-corrected chi connectivity index (χ1v) is 8.19. The Labute approximate surface area is 147 Å². The summed E-state index contributed by atoms with van der Waals surface area (Å²) in [6.07, 6.45) is 0. The molecule has 0 fully saturated rings. The Kier molecular flexibility index (Phi) is 6.64. The number of carbonyl (C=O) groups is 1. The van der Waals surface area contributed by atoms with Gasteiger partial charge in [0.05, 0.1) is 13.7 Å². The molecule has 0 aliphatic rings. The molecule has 1 N–H and O–H groups in total. The lowest BCUT2D eigenvalue weighted by Gasteiger charge is -2.12. The van der Waals surface area contributed by atoms with Gasteiger partial charge < -0.3 is 14.8 Å². The van der Waals surface area contributed by atoms with E-state index in [-0.39, 0.29) is 5.91 Å². The van der Waals surface area contributed by atoms with Gasteiger partial charge in [-0.2, -0.15) is 0 Å². The summed E-state index contributed by atoms with van der Waals surface area (Å²) < 4.78 is 11.0. The van der Waals surface area contributed by atoms with Crippen molar-refractivity contribution in [1.29, 1.82) is 0 Å². The highest BCUT2D eigenvalue weighted by molar-refractivity contribution is 6.30. The highest BCUT2D eigenvalue weighted by atomic mass is 35.5. The van der Waals surface area contributed by atoms with Crippen LogP contribution in [0, 0.1) is 5.92 Å². The minimum Gasteiger partial charge on any atom is -0.496 e. The van der Waals surface area contributed by atoms with Crippen LogP contribution < -0.4 is 10.1 Å². The topological polar surface area (TPSA) is 47.6 Å². The Bertz CT molecular complexity index is 701. The Morgan fingerprint density at radius 3 is 2.67 bits per heavy atom. The first-order valence-electron chi connectivity index (χ1n) is 7.81. The molecular weight excluding hydrogens is 326 g/mol. The zero-order chi connectivity index (χ0) is 17.5. The fourth-order valence-corrected chi connectivity index (χ4v) is 2.40. The van der Waals surface area contributed by atoms with Gasteiger partial charge in [-0.15, -0.1) is 0 Å². The highest BCUT2D eigenvalue weighted by Gasteiger charge is 2.11. The van der Waals surface area contributed by atoms with Gasteiger partial charge >= 0.3 is 0 Å². The molecule has 0 saturated heterocycles. The second-order valence-electron chi connectivity index (χ2n) is 5.90. The molecule has 0 unspecified atom stereocenters. The van der Waals surface area contributed by atoms with Crippen LogP contribution in [-0.2, 0) is 11.3 Å². The summed E-state index contributed by atoms with van der Waals surface area (Å²) in [4.78, 5) is 12.4. The van der Waals surface area contributed by atoms with Crippen LogP contribution in [0.2, 0.25) is 5.02 Å². The predicted octanol–water partition coefficient (Wildman–Crippen LogP) is 4.77. The third-order valence-corrected chi connectivity index (χ3v) is 3.57. The second-order valence-corrected chi connectivity index (χ2v) is 6.34. The van der Waals surface area contributed by atoms with Crippen molar-refractivity contribution in [3.05, 3.63) is 58.6 Å². The fourth-order valence-electron chi connectivity index (χ4n) is 2.21. The van der Waals surface area contributed by atoms with Crippen LogP contribution in [0.5, 0.6) is 5.75 Å². The van der Waals surface area contributed by atoms with E-state index in [1.54, 1.807) is 49.6 Å². The number of ether oxygens (including phenoxy) is 2. The quantitative estimate of drug-likeness (QED) is 0.784. The van der Waals surface area contributed by atoms with E-state index in [0.717, 1.165) is 5.56 Å². The molecule has 0 heterocycles. The van der Waals surface area contributed by atoms with Crippen LogP contribution in [0.1, 0.15) is 29.8 Å². The molecule has 2 aromatic rings. The normalized spacial score (nSPS) is 10.7. The molecule has 4 nitrogen and oxygen atoms in total. The molecule has 0 saturated carbocycles. The van der Waals surface area contributed by atoms with Crippen LogP contribution in [0.15, 0.2) is 42.5 Å². The predicted molar refractivity (Wildman–Crippen MR) is 96.9 cm³/mol. The van der Waals surface area contributed by atoms with Crippen molar-refractivity contribution in [3.8, 4) is 5.75 Å². The monoisotopic (exact) mass is 347 g/mol. The Morgan fingerprint density at radius 1 is 1.21 bits per heavy atom. The largest absolute Gasteiger partial charge is 0.496 e. The number of halogens is 1. The van der Waals surface area contributed by atoms with Crippen molar-refractivity contribution in [2.75, 3.05) is 19.0 Å². The van der Waals surface area contributed by atoms with Gasteiger partial charge in [0.2, 0.25) is 0 Å². The van der Waals surface area contributed by atoms with E-state index in [2.05, 4.69) is 19.2 Å². The van der Waals surface area contributed by atoms with Crippen molar-refractivity contribution in [2.45, 2.75) is 20.5 Å². The summed E-state index contributed by atoms with van der Waals surface area (Å²) in [7, 11) is 1.60. The van der Waals surface area contributed by atoms with Crippen LogP contribution in [0.25, 0.3) is 0 Å². The standard InChI is InChI=1S/C19H22ClNO3/c1-13(2)11-24-12-15-9-14(7-8-18(15)23-3)19(22)21-17-6-4-5-16(20)10-17/h4-10,13H,11-12H2,1-3H3,(H,21,22). The van der Waals surface area contributed by atoms with Gasteiger partial charge in [0.15, 0.2) is 0 Å². The van der Waals surface area contributed by atoms with E-state index < -0.39 is 0 Å². The maximum Gasteiger partial charge on any atom is 0.255 e. The van der Waals surface area contributed by atoms with Gasteiger partial charge in [-0.25, -0.2) is 0 Å². The van der Waals surface area contributed by atoms with Crippen LogP contribution in [0.4, 0.5) is 5.69 Å². The Morgan fingerprint density at radius 2 is 2.00 bits per heavy atom. The summed E-state index contributed by atoms with van der Waals surface area (Å²) in [5, 5.41) is 3.41. The molecule has 0 bridgehead atoms. The molecule has 2 aromatic carbocycles. The number of rotatable bonds is 7. The third-order valence-electron chi connectivity index (χ3n) is 3.33. The van der Waals surface area contributed by atoms with Crippen LogP contribution in [-0.4, -0.2) is 19.6 Å². The molecular formula is C19H22ClNO3. The minimum atomic E-state index is -0.204. The number of carbonyl (C=O) groups excluding carboxylic acids is 1. The summed E-state index contributed by atoms with van der Waals surface area (Å²) in [5.41, 5.74) is 2.04. The Balaban J connectivity index is 2.12. The summed E-state index contributed by atoms with van der Waals surface area (Å²) >= 11 is 5.94. The molecule has 0 aliphatic carbocycles. The zero-order valence-electron chi connectivity index (χ0n) is 14.1. The summed E-state index contributed by atoms with van der Waals surface area (Å²) in [6.45, 7) is 5.24. The summed E-state index contributed by atoms with van der Waals surface area (Å²) in [6, 6.07) is 12.3. The van der Waals surface area contributed by atoms with Gasteiger partial charge in [-0.3, -0.25) is 4.79 Å². The Hall–Kier alpha value is -2.04. The number of anilines is 1. The molecule has 2 rings (SSSR count). The van der Waals surface area contributed by atoms with Crippen molar-refractivity contribution in [2.24, 2.45) is 5.92 Å². The van der Waals surface area contributed by atoms with Crippen molar-refractivity contribution in [1.82, 2.24) is 0 Å². The lowest BCUT2D eigenvalue weighted by molar-refractivity contribution is 0.0952. The number of hydrogen-bond acceptors (Lipinski definition) is 3. The number of nitrogens with one attached hydrogen (secondary N) is 1. The molecule has 0 aliphatic heterocycles. The zero-order valence-corrected chi connectivity index (χ0v) is 14.9. The smallest absolute Gasteiger partial charge is 0.255 e. The van der Waals surface area contributed by atoms with Gasteiger partial charge in [-0.05, 0) is 42.3 Å². The molecule has 24 heavy (non-hydrogen) atoms. The van der Waals surface area contributed by atoms with Gasteiger partial charge in [0.1, 0.15) is 5.75 Å². The van der Waals surface area contributed by atoms with Crippen molar-refractivity contribution < 1.29 is 14.3 Å². The fraction of sp³-hybridized carbons (Fsp3) is 0.316. The lowest BCUT2D eigenvalue weighted by Crippen LogP contribution is -2.13. The van der Waals surface area contributed by atoms with Gasteiger partial charge in [0.25, 0.3) is 5.91 Å². The molecule has 0 atom stereocenters. The van der Waals surface area contributed by atoms with Crippen molar-refractivity contribution >= 4 is 23.2 Å². The SMILES string of the molecule is COc1ccc(C(=O)Nc2cccc(Cl)c2)cc1COCC(C)C. The number of amides is 1. The number of methoxy groups -OCH3 is 1. The van der Waals surface area contributed by atoms with Gasteiger partial charge in [-0.1, -0.05) is 31.5 Å². The number of hydrogen-bond donors (Lipinski definition) is 1. The number of benzene rings is 2. The molecule has 5 heteroatoms. The third kappa shape index (κ3) is 5.25.